The van der Waals surface area contributed by atoms with Crippen LogP contribution in [-0.4, -0.2) is 41.2 Å². The molecule has 0 radical (unpaired) electrons. The number of aromatic nitrogens is 2. The summed E-state index contributed by atoms with van der Waals surface area (Å²) in [6.45, 7) is 2.33. The van der Waals surface area contributed by atoms with Crippen molar-refractivity contribution in [3.05, 3.63) is 11.7 Å². The number of nitrogens with zero attached hydrogens (tertiary/aromatic N) is 3. The molecule has 0 bridgehead atoms. The van der Waals surface area contributed by atoms with E-state index in [1.165, 1.54) is 20.0 Å². The van der Waals surface area contributed by atoms with Crippen LogP contribution in [0.25, 0.3) is 0 Å². The fourth-order valence-corrected chi connectivity index (χ4v) is 4.08. The van der Waals surface area contributed by atoms with Gasteiger partial charge >= 0.3 is 5.97 Å². The van der Waals surface area contributed by atoms with Gasteiger partial charge in [-0.3, -0.25) is 9.69 Å². The van der Waals surface area contributed by atoms with Crippen molar-refractivity contribution in [3.8, 4) is 0 Å². The number of likely N-dealkylation sites (tertiary alicyclic amines) is 1. The van der Waals surface area contributed by atoms with Crippen molar-refractivity contribution in [1.82, 2.24) is 15.0 Å². The largest absolute Gasteiger partial charge is 0.469 e. The van der Waals surface area contributed by atoms with Crippen molar-refractivity contribution in [2.45, 2.75) is 44.6 Å². The average Bonchev–Trinajstić information content (AvgIpc) is 2.93. The van der Waals surface area contributed by atoms with Crippen LogP contribution in [0.2, 0.25) is 0 Å². The predicted molar refractivity (Wildman–Crippen MR) is 73.3 cm³/mol. The Balaban J connectivity index is 1.46. The van der Waals surface area contributed by atoms with Crippen LogP contribution in [0.5, 0.6) is 0 Å². The van der Waals surface area contributed by atoms with E-state index in [0.717, 1.165) is 38.2 Å². The molecule has 2 atom stereocenters. The summed E-state index contributed by atoms with van der Waals surface area (Å²) < 4.78 is 10.4. The first kappa shape index (κ1) is 13.2. The third kappa shape index (κ3) is 2.16. The molecule has 2 heterocycles. The minimum Gasteiger partial charge on any atom is -0.469 e. The van der Waals surface area contributed by atoms with Crippen molar-refractivity contribution in [1.29, 1.82) is 0 Å². The normalized spacial score (nSPS) is 32.3. The number of ether oxygens (including phenoxy) is 1. The first-order chi connectivity index (χ1) is 10.2. The molecule has 1 aliphatic heterocycles. The SMILES string of the molecule is COC(=O)[C@]12CCC[C@@H]1CN(Cc1nc(C3CC3)no1)C2. The number of methoxy groups -OCH3 is 1. The zero-order valence-electron chi connectivity index (χ0n) is 12.4. The van der Waals surface area contributed by atoms with Gasteiger partial charge in [0.2, 0.25) is 5.89 Å². The Hall–Kier alpha value is -1.43. The summed E-state index contributed by atoms with van der Waals surface area (Å²) in [5.41, 5.74) is -0.298. The smallest absolute Gasteiger partial charge is 0.313 e. The van der Waals surface area contributed by atoms with E-state index in [0.29, 0.717) is 24.3 Å². The number of carbonyl (C=O) groups excluding carboxylic acids is 1. The Morgan fingerprint density at radius 3 is 3.10 bits per heavy atom. The van der Waals surface area contributed by atoms with Crippen molar-refractivity contribution in [2.24, 2.45) is 11.3 Å². The maximum absolute atomic E-state index is 12.2. The zero-order chi connectivity index (χ0) is 14.4. The molecule has 3 fully saturated rings. The molecule has 3 aliphatic rings. The molecule has 114 valence electrons. The van der Waals surface area contributed by atoms with E-state index in [4.69, 9.17) is 9.26 Å². The molecule has 6 heteroatoms. The van der Waals surface area contributed by atoms with E-state index >= 15 is 0 Å². The number of carbonyl (C=O) groups is 1. The number of hydrogen-bond donors (Lipinski definition) is 0. The molecule has 0 aromatic carbocycles. The van der Waals surface area contributed by atoms with Gasteiger partial charge in [0.1, 0.15) is 0 Å². The average molecular weight is 291 g/mol. The molecule has 0 spiro atoms. The highest BCUT2D eigenvalue weighted by Crippen LogP contribution is 2.49. The van der Waals surface area contributed by atoms with E-state index in [1.807, 2.05) is 0 Å². The van der Waals surface area contributed by atoms with E-state index in [-0.39, 0.29) is 11.4 Å². The predicted octanol–water partition coefficient (Wildman–Crippen LogP) is 1.72. The molecule has 1 aromatic rings. The summed E-state index contributed by atoms with van der Waals surface area (Å²) in [5, 5.41) is 4.06. The molecule has 0 N–H and O–H groups in total. The Bertz CT molecular complexity index is 554. The maximum atomic E-state index is 12.2. The molecule has 1 saturated heterocycles. The van der Waals surface area contributed by atoms with Crippen molar-refractivity contribution < 1.29 is 14.1 Å². The quantitative estimate of drug-likeness (QED) is 0.787. The summed E-state index contributed by atoms with van der Waals surface area (Å²) >= 11 is 0. The van der Waals surface area contributed by atoms with Gasteiger partial charge in [0.15, 0.2) is 5.82 Å². The second-order valence-corrected chi connectivity index (χ2v) is 6.73. The number of rotatable bonds is 4. The summed E-state index contributed by atoms with van der Waals surface area (Å²) in [6, 6.07) is 0. The maximum Gasteiger partial charge on any atom is 0.313 e. The van der Waals surface area contributed by atoms with Crippen LogP contribution < -0.4 is 0 Å². The minimum atomic E-state index is -0.298. The minimum absolute atomic E-state index is 0.0447. The van der Waals surface area contributed by atoms with Gasteiger partial charge in [-0.15, -0.1) is 0 Å². The highest BCUT2D eigenvalue weighted by Gasteiger charge is 2.55. The first-order valence-electron chi connectivity index (χ1n) is 7.84. The third-order valence-corrected chi connectivity index (χ3v) is 5.32. The molecule has 4 rings (SSSR count). The van der Waals surface area contributed by atoms with Crippen LogP contribution in [0.4, 0.5) is 0 Å². The van der Waals surface area contributed by atoms with Gasteiger partial charge in [0.25, 0.3) is 0 Å². The van der Waals surface area contributed by atoms with Gasteiger partial charge in [0, 0.05) is 19.0 Å². The lowest BCUT2D eigenvalue weighted by Gasteiger charge is -2.25. The van der Waals surface area contributed by atoms with Crippen molar-refractivity contribution in [3.63, 3.8) is 0 Å². The summed E-state index contributed by atoms with van der Waals surface area (Å²) in [6.07, 6.45) is 5.53. The van der Waals surface area contributed by atoms with E-state index in [2.05, 4.69) is 15.0 Å². The molecule has 1 aromatic heterocycles. The monoisotopic (exact) mass is 291 g/mol. The van der Waals surface area contributed by atoms with Gasteiger partial charge in [-0.05, 0) is 31.6 Å². The molecule has 0 unspecified atom stereocenters. The van der Waals surface area contributed by atoms with Crippen molar-refractivity contribution in [2.75, 3.05) is 20.2 Å². The fourth-order valence-electron chi connectivity index (χ4n) is 4.08. The van der Waals surface area contributed by atoms with Crippen LogP contribution in [-0.2, 0) is 16.1 Å². The van der Waals surface area contributed by atoms with E-state index in [1.54, 1.807) is 0 Å². The van der Waals surface area contributed by atoms with Crippen LogP contribution in [0.3, 0.4) is 0 Å². The van der Waals surface area contributed by atoms with Crippen LogP contribution >= 0.6 is 0 Å². The molecule has 0 amide bonds. The molecule has 21 heavy (non-hydrogen) atoms. The second-order valence-electron chi connectivity index (χ2n) is 6.73. The van der Waals surface area contributed by atoms with Crippen LogP contribution in [0.1, 0.15) is 49.7 Å². The first-order valence-corrected chi connectivity index (χ1v) is 7.84. The zero-order valence-corrected chi connectivity index (χ0v) is 12.4. The lowest BCUT2D eigenvalue weighted by atomic mass is 9.81. The number of hydrogen-bond acceptors (Lipinski definition) is 6. The Morgan fingerprint density at radius 1 is 1.48 bits per heavy atom. The van der Waals surface area contributed by atoms with Gasteiger partial charge in [-0.1, -0.05) is 11.6 Å². The van der Waals surface area contributed by atoms with Crippen molar-refractivity contribution >= 4 is 5.97 Å². The molecule has 2 saturated carbocycles. The van der Waals surface area contributed by atoms with Gasteiger partial charge in [-0.2, -0.15) is 4.98 Å². The number of esters is 1. The third-order valence-electron chi connectivity index (χ3n) is 5.32. The van der Waals surface area contributed by atoms with Gasteiger partial charge in [0.05, 0.1) is 19.1 Å². The Labute approximate surface area is 123 Å². The highest BCUT2D eigenvalue weighted by atomic mass is 16.5. The van der Waals surface area contributed by atoms with Crippen LogP contribution in [0, 0.1) is 11.3 Å². The molecule has 6 nitrogen and oxygen atoms in total. The van der Waals surface area contributed by atoms with Crippen LogP contribution in [0.15, 0.2) is 4.52 Å². The lowest BCUT2D eigenvalue weighted by molar-refractivity contribution is -0.153. The van der Waals surface area contributed by atoms with E-state index < -0.39 is 0 Å². The highest BCUT2D eigenvalue weighted by molar-refractivity contribution is 5.78. The molecule has 2 aliphatic carbocycles. The van der Waals surface area contributed by atoms with Gasteiger partial charge < -0.3 is 9.26 Å². The summed E-state index contributed by atoms with van der Waals surface area (Å²) in [5.74, 6) is 2.42. The fraction of sp³-hybridized carbons (Fsp3) is 0.800. The summed E-state index contributed by atoms with van der Waals surface area (Å²) in [7, 11) is 1.50. The van der Waals surface area contributed by atoms with E-state index in [9.17, 15) is 4.79 Å². The topological polar surface area (TPSA) is 68.5 Å². The van der Waals surface area contributed by atoms with Gasteiger partial charge in [-0.25, -0.2) is 0 Å². The second kappa shape index (κ2) is 4.80. The standard InChI is InChI=1S/C15H21N3O3/c1-20-14(19)15-6-2-3-11(15)7-18(9-15)8-12-16-13(17-21-12)10-4-5-10/h10-11H,2-9H2,1H3/t11-,15+/m1/s1. The molecular weight excluding hydrogens is 270 g/mol. The lowest BCUT2D eigenvalue weighted by Crippen LogP contribution is -2.36. The molecular formula is C15H21N3O3. The number of fused-ring (bicyclic) bond motifs is 1. The summed E-state index contributed by atoms with van der Waals surface area (Å²) in [4.78, 5) is 19.0. The Morgan fingerprint density at radius 2 is 2.33 bits per heavy atom. The Kier molecular flexibility index (Phi) is 3.03.